The maximum absolute atomic E-state index is 14.1. The number of ether oxygens (including phenoxy) is 1. The van der Waals surface area contributed by atoms with Crippen molar-refractivity contribution in [3.8, 4) is 17.2 Å². The molecule has 45 heavy (non-hydrogen) atoms. The van der Waals surface area contributed by atoms with Crippen LogP contribution in [0.1, 0.15) is 53.7 Å². The van der Waals surface area contributed by atoms with Gasteiger partial charge in [0.05, 0.1) is 36.1 Å². The van der Waals surface area contributed by atoms with Gasteiger partial charge in [0, 0.05) is 31.3 Å². The minimum absolute atomic E-state index is 0.0118. The predicted molar refractivity (Wildman–Crippen MR) is 169 cm³/mol. The molecule has 2 atom stereocenters. The van der Waals surface area contributed by atoms with Crippen LogP contribution in [0.5, 0.6) is 5.75 Å². The number of halogens is 2. The van der Waals surface area contributed by atoms with E-state index in [1.165, 1.54) is 30.2 Å². The minimum Gasteiger partial charge on any atom is -0.489 e. The summed E-state index contributed by atoms with van der Waals surface area (Å²) in [4.78, 5) is 20.4. The number of hydrogen-bond donors (Lipinski definition) is 3. The highest BCUT2D eigenvalue weighted by atomic mass is 19.1. The van der Waals surface area contributed by atoms with E-state index in [-0.39, 0.29) is 13.0 Å². The number of benzene rings is 3. The smallest absolute Gasteiger partial charge is 0.251 e. The van der Waals surface area contributed by atoms with Gasteiger partial charge in [-0.25, -0.2) is 13.8 Å². The molecule has 5 rings (SSSR count). The van der Waals surface area contributed by atoms with E-state index in [4.69, 9.17) is 9.15 Å². The number of carbonyl (C=O) groups excluding carboxylic acids is 1. The highest BCUT2D eigenvalue weighted by Gasteiger charge is 2.28. The van der Waals surface area contributed by atoms with Gasteiger partial charge in [0.2, 0.25) is 5.89 Å². The van der Waals surface area contributed by atoms with E-state index >= 15 is 0 Å². The fourth-order valence-corrected chi connectivity index (χ4v) is 5.59. The standard InChI is InChI=1S/C35H40F2N4O4/c1-3-5-10-41-11-13-44-33-29(35-39-9-12-45-35)18-26(19-31(33)41)34(43)40-30(17-25-15-27(36)20-28(37)16-25)32(42)22-38-21-24-8-6-7-23(4-2)14-24/h6-9,12,14-16,18-20,30,32,38,42H,3-5,10-11,13,17,21-22H2,1-2H3,(H,40,43)/t30-,32+/m0/s1. The zero-order valence-electron chi connectivity index (χ0n) is 25.7. The number of carbonyl (C=O) groups is 1. The van der Waals surface area contributed by atoms with Crippen molar-refractivity contribution < 1.29 is 27.8 Å². The van der Waals surface area contributed by atoms with Crippen molar-refractivity contribution in [2.45, 2.75) is 58.2 Å². The van der Waals surface area contributed by atoms with Crippen LogP contribution in [0, 0.1) is 11.6 Å². The summed E-state index contributed by atoms with van der Waals surface area (Å²) >= 11 is 0. The Hall–Kier alpha value is -4.28. The molecule has 8 nitrogen and oxygen atoms in total. The molecule has 3 aromatic carbocycles. The van der Waals surface area contributed by atoms with Crippen LogP contribution in [0.3, 0.4) is 0 Å². The number of amides is 1. The summed E-state index contributed by atoms with van der Waals surface area (Å²) in [5, 5.41) is 17.5. The molecule has 0 unspecified atom stereocenters. The molecule has 3 N–H and O–H groups in total. The van der Waals surface area contributed by atoms with Gasteiger partial charge in [0.15, 0.2) is 5.75 Å². The van der Waals surface area contributed by atoms with Gasteiger partial charge < -0.3 is 29.8 Å². The molecule has 238 valence electrons. The van der Waals surface area contributed by atoms with Crippen LogP contribution in [-0.2, 0) is 19.4 Å². The van der Waals surface area contributed by atoms with Crippen molar-refractivity contribution >= 4 is 11.6 Å². The van der Waals surface area contributed by atoms with Crippen LogP contribution in [0.25, 0.3) is 11.5 Å². The van der Waals surface area contributed by atoms with Crippen molar-refractivity contribution in [3.63, 3.8) is 0 Å². The first kappa shape index (κ1) is 32.1. The number of nitrogens with one attached hydrogen (secondary N) is 2. The second-order valence-electron chi connectivity index (χ2n) is 11.3. The lowest BCUT2D eigenvalue weighted by atomic mass is 9.99. The molecule has 0 saturated heterocycles. The zero-order valence-corrected chi connectivity index (χ0v) is 25.7. The predicted octanol–water partition coefficient (Wildman–Crippen LogP) is 5.67. The number of rotatable bonds is 14. The van der Waals surface area contributed by atoms with Crippen LogP contribution in [0.4, 0.5) is 14.5 Å². The second-order valence-corrected chi connectivity index (χ2v) is 11.3. The van der Waals surface area contributed by atoms with E-state index in [1.54, 1.807) is 12.1 Å². The van der Waals surface area contributed by atoms with Gasteiger partial charge in [-0.1, -0.05) is 44.5 Å². The third-order valence-electron chi connectivity index (χ3n) is 7.97. The lowest BCUT2D eigenvalue weighted by Crippen LogP contribution is -2.48. The molecular weight excluding hydrogens is 578 g/mol. The molecule has 0 aliphatic carbocycles. The number of anilines is 1. The van der Waals surface area contributed by atoms with E-state index in [9.17, 15) is 18.7 Å². The van der Waals surface area contributed by atoms with Crippen LogP contribution < -0.4 is 20.3 Å². The molecule has 1 aliphatic heterocycles. The molecule has 0 saturated carbocycles. The average molecular weight is 619 g/mol. The van der Waals surface area contributed by atoms with Crippen molar-refractivity contribution in [1.29, 1.82) is 0 Å². The maximum Gasteiger partial charge on any atom is 0.251 e. The lowest BCUT2D eigenvalue weighted by Gasteiger charge is -2.33. The first-order valence-electron chi connectivity index (χ1n) is 15.5. The third kappa shape index (κ3) is 8.26. The summed E-state index contributed by atoms with van der Waals surface area (Å²) in [7, 11) is 0. The second kappa shape index (κ2) is 15.1. The highest BCUT2D eigenvalue weighted by Crippen LogP contribution is 2.41. The molecule has 10 heteroatoms. The molecule has 1 amide bonds. The monoisotopic (exact) mass is 618 g/mol. The van der Waals surface area contributed by atoms with Gasteiger partial charge in [-0.05, 0) is 60.2 Å². The van der Waals surface area contributed by atoms with Crippen molar-refractivity contribution in [2.24, 2.45) is 0 Å². The van der Waals surface area contributed by atoms with Crippen LogP contribution in [0.15, 0.2) is 71.5 Å². The van der Waals surface area contributed by atoms with E-state index < -0.39 is 29.7 Å². The molecule has 0 radical (unpaired) electrons. The number of aliphatic hydroxyl groups excluding tert-OH is 1. The Kier molecular flexibility index (Phi) is 10.8. The Bertz CT molecular complexity index is 1560. The summed E-state index contributed by atoms with van der Waals surface area (Å²) in [5.41, 5.74) is 4.22. The van der Waals surface area contributed by atoms with Gasteiger partial charge in [-0.15, -0.1) is 0 Å². The first-order chi connectivity index (χ1) is 21.8. The molecule has 4 aromatic rings. The first-order valence-corrected chi connectivity index (χ1v) is 15.5. The number of fused-ring (bicyclic) bond motifs is 1. The maximum atomic E-state index is 14.1. The average Bonchev–Trinajstić information content (AvgIpc) is 3.57. The Morgan fingerprint density at radius 1 is 1.07 bits per heavy atom. The fourth-order valence-electron chi connectivity index (χ4n) is 5.59. The minimum atomic E-state index is -1.07. The summed E-state index contributed by atoms with van der Waals surface area (Å²) < 4.78 is 39.8. The van der Waals surface area contributed by atoms with E-state index in [0.717, 1.165) is 43.1 Å². The van der Waals surface area contributed by atoms with Crippen LogP contribution in [0.2, 0.25) is 0 Å². The van der Waals surface area contributed by atoms with E-state index in [1.807, 2.05) is 12.1 Å². The SMILES string of the molecule is CCCCN1CCOc2c(-c3ncco3)cc(C(=O)N[C@@H](Cc3cc(F)cc(F)c3)[C@H](O)CNCc3cccc(CC)c3)cc21. The number of aromatic nitrogens is 1. The van der Waals surface area contributed by atoms with Gasteiger partial charge >= 0.3 is 0 Å². The van der Waals surface area contributed by atoms with Crippen LogP contribution >= 0.6 is 0 Å². The quantitative estimate of drug-likeness (QED) is 0.167. The highest BCUT2D eigenvalue weighted by molar-refractivity contribution is 5.98. The summed E-state index contributed by atoms with van der Waals surface area (Å²) in [6.45, 7) is 6.82. The molecule has 1 aromatic heterocycles. The molecular formula is C35H40F2N4O4. The number of nitrogens with zero attached hydrogens (tertiary/aromatic N) is 2. The topological polar surface area (TPSA) is 99.9 Å². The third-order valence-corrected chi connectivity index (χ3v) is 7.97. The largest absolute Gasteiger partial charge is 0.489 e. The molecule has 1 aliphatic rings. The lowest BCUT2D eigenvalue weighted by molar-refractivity contribution is 0.0830. The van der Waals surface area contributed by atoms with Gasteiger partial charge in [-0.3, -0.25) is 4.79 Å². The molecule has 0 bridgehead atoms. The van der Waals surface area contributed by atoms with Crippen molar-refractivity contribution in [2.75, 3.05) is 31.1 Å². The normalized spacial score (nSPS) is 14.0. The summed E-state index contributed by atoms with van der Waals surface area (Å²) in [6.07, 6.45) is 4.83. The van der Waals surface area contributed by atoms with E-state index in [2.05, 4.69) is 46.5 Å². The number of oxazole rings is 1. The Labute approximate surface area is 262 Å². The Morgan fingerprint density at radius 3 is 2.60 bits per heavy atom. The number of aryl methyl sites for hydroxylation is 1. The summed E-state index contributed by atoms with van der Waals surface area (Å²) in [6, 6.07) is 13.9. The Morgan fingerprint density at radius 2 is 1.87 bits per heavy atom. The number of aliphatic hydroxyl groups is 1. The van der Waals surface area contributed by atoms with E-state index in [0.29, 0.717) is 48.0 Å². The zero-order chi connectivity index (χ0) is 31.8. The van der Waals surface area contributed by atoms with Crippen molar-refractivity contribution in [1.82, 2.24) is 15.6 Å². The van der Waals surface area contributed by atoms with Gasteiger partial charge in [-0.2, -0.15) is 0 Å². The van der Waals surface area contributed by atoms with Crippen LogP contribution in [-0.4, -0.2) is 54.4 Å². The number of hydrogen-bond acceptors (Lipinski definition) is 7. The molecule has 2 heterocycles. The van der Waals surface area contributed by atoms with Crippen molar-refractivity contribution in [3.05, 3.63) is 101 Å². The summed E-state index contributed by atoms with van der Waals surface area (Å²) in [5.74, 6) is -0.990. The van der Waals surface area contributed by atoms with Gasteiger partial charge in [0.25, 0.3) is 5.91 Å². The number of unbranched alkanes of at least 4 members (excludes halogenated alkanes) is 1. The van der Waals surface area contributed by atoms with Gasteiger partial charge in [0.1, 0.15) is 24.5 Å². The molecule has 0 spiro atoms. The Balaban J connectivity index is 1.40. The fraction of sp³-hybridized carbons (Fsp3) is 0.371. The molecule has 0 fully saturated rings.